The summed E-state index contributed by atoms with van der Waals surface area (Å²) < 4.78 is 41.8. The zero-order valence-corrected chi connectivity index (χ0v) is 8.92. The Hall–Kier alpha value is -1.56. The largest absolute Gasteiger partial charge is 0.468 e. The molecule has 1 aromatic rings. The zero-order chi connectivity index (χ0) is 12.6. The van der Waals surface area contributed by atoms with E-state index < -0.39 is 18.2 Å². The fourth-order valence-electron chi connectivity index (χ4n) is 1.45. The van der Waals surface area contributed by atoms with Gasteiger partial charge in [0.25, 0.3) is 5.90 Å². The molecule has 0 bridgehead atoms. The highest BCUT2D eigenvalue weighted by molar-refractivity contribution is 6.32. The second-order valence-corrected chi connectivity index (χ2v) is 3.67. The first-order valence-corrected chi connectivity index (χ1v) is 4.87. The molecule has 1 aliphatic heterocycles. The van der Waals surface area contributed by atoms with E-state index in [0.29, 0.717) is 0 Å². The lowest BCUT2D eigenvalue weighted by Crippen LogP contribution is -2.30. The molecule has 0 spiro atoms. The van der Waals surface area contributed by atoms with E-state index in [0.717, 1.165) is 0 Å². The van der Waals surface area contributed by atoms with E-state index >= 15 is 0 Å². The lowest BCUT2D eigenvalue weighted by molar-refractivity contribution is -0.118. The summed E-state index contributed by atoms with van der Waals surface area (Å²) in [6.07, 6.45) is -5.86. The number of alkyl halides is 3. The van der Waals surface area contributed by atoms with Gasteiger partial charge < -0.3 is 4.74 Å². The number of carbonyl (C=O) groups is 1. The normalized spacial score (nSPS) is 19.1. The molecule has 0 N–H and O–H groups in total. The maximum absolute atomic E-state index is 12.4. The monoisotopic (exact) mass is 263 g/mol. The molecular formula is C10H5ClF3NO2. The van der Waals surface area contributed by atoms with Crippen LogP contribution >= 0.6 is 11.6 Å². The minimum absolute atomic E-state index is 0.00632. The molecule has 2 rings (SSSR count). The van der Waals surface area contributed by atoms with Crippen molar-refractivity contribution in [2.24, 2.45) is 4.99 Å². The number of aldehydes is 1. The second kappa shape index (κ2) is 4.03. The van der Waals surface area contributed by atoms with Gasteiger partial charge in [0.1, 0.15) is 0 Å². The Morgan fingerprint density at radius 1 is 1.41 bits per heavy atom. The van der Waals surface area contributed by atoms with Gasteiger partial charge in [0.05, 0.1) is 10.7 Å². The van der Waals surface area contributed by atoms with E-state index in [1.54, 1.807) is 0 Å². The lowest BCUT2D eigenvalue weighted by Gasteiger charge is -2.23. The van der Waals surface area contributed by atoms with Crippen molar-refractivity contribution in [3.05, 3.63) is 28.8 Å². The van der Waals surface area contributed by atoms with E-state index in [4.69, 9.17) is 11.6 Å². The number of hydrogen-bond acceptors (Lipinski definition) is 3. The summed E-state index contributed by atoms with van der Waals surface area (Å²) in [5.74, 6) is -1.44. The molecule has 1 aromatic carbocycles. The molecule has 1 atom stereocenters. The van der Waals surface area contributed by atoms with Gasteiger partial charge in [-0.3, -0.25) is 4.79 Å². The highest BCUT2D eigenvalue weighted by Crippen LogP contribution is 2.39. The van der Waals surface area contributed by atoms with Gasteiger partial charge in [-0.1, -0.05) is 17.7 Å². The molecule has 0 radical (unpaired) electrons. The molecule has 0 saturated carbocycles. The van der Waals surface area contributed by atoms with Crippen LogP contribution in [0.2, 0.25) is 5.02 Å². The van der Waals surface area contributed by atoms with E-state index in [2.05, 4.69) is 9.73 Å². The van der Waals surface area contributed by atoms with Gasteiger partial charge in [0, 0.05) is 5.56 Å². The van der Waals surface area contributed by atoms with Crippen LogP contribution in [0.25, 0.3) is 0 Å². The number of benzene rings is 1. The van der Waals surface area contributed by atoms with Crippen molar-refractivity contribution in [2.45, 2.75) is 12.3 Å². The van der Waals surface area contributed by atoms with Crippen LogP contribution in [0.1, 0.15) is 11.7 Å². The van der Waals surface area contributed by atoms with Crippen LogP contribution in [0, 0.1) is 0 Å². The van der Waals surface area contributed by atoms with Crippen LogP contribution < -0.4 is 0 Å². The van der Waals surface area contributed by atoms with Crippen molar-refractivity contribution in [2.75, 3.05) is 0 Å². The maximum atomic E-state index is 12.4. The smallest absolute Gasteiger partial charge is 0.458 e. The van der Waals surface area contributed by atoms with Gasteiger partial charge in [0.15, 0.2) is 12.4 Å². The number of nitrogens with zero attached hydrogens (tertiary/aromatic N) is 1. The van der Waals surface area contributed by atoms with Crippen LogP contribution in [-0.2, 0) is 9.53 Å². The van der Waals surface area contributed by atoms with Gasteiger partial charge in [-0.25, -0.2) is 4.99 Å². The van der Waals surface area contributed by atoms with Crippen LogP contribution in [0.4, 0.5) is 18.9 Å². The molecule has 90 valence electrons. The summed E-state index contributed by atoms with van der Waals surface area (Å²) in [5.41, 5.74) is 0.144. The van der Waals surface area contributed by atoms with Gasteiger partial charge >= 0.3 is 6.18 Å². The molecule has 0 saturated heterocycles. The van der Waals surface area contributed by atoms with Crippen molar-refractivity contribution in [1.82, 2.24) is 0 Å². The number of hydrogen-bond donors (Lipinski definition) is 0. The van der Waals surface area contributed by atoms with Gasteiger partial charge in [-0.05, 0) is 12.1 Å². The Kier molecular flexibility index (Phi) is 2.82. The fourth-order valence-corrected chi connectivity index (χ4v) is 1.72. The molecule has 3 nitrogen and oxygen atoms in total. The number of halogens is 4. The minimum atomic E-state index is -4.73. The van der Waals surface area contributed by atoms with Crippen molar-refractivity contribution >= 4 is 29.5 Å². The third-order valence-electron chi connectivity index (χ3n) is 2.14. The average molecular weight is 264 g/mol. The minimum Gasteiger partial charge on any atom is -0.458 e. The Morgan fingerprint density at radius 3 is 2.71 bits per heavy atom. The standard InChI is InChI=1S/C10H5ClF3NO2/c11-5-2-1-3-6-8(5)7(4-16)17-9(15-6)10(12,13)14/h1-4,7H. The molecule has 0 fully saturated rings. The summed E-state index contributed by atoms with van der Waals surface area (Å²) in [5, 5.41) is 0.143. The number of ether oxygens (including phenoxy) is 1. The SMILES string of the molecule is O=CC1OC(C(F)(F)F)=Nc2cccc(Cl)c21. The molecule has 1 unspecified atom stereocenters. The molecular weight excluding hydrogens is 259 g/mol. The lowest BCUT2D eigenvalue weighted by atomic mass is 10.1. The van der Waals surface area contributed by atoms with E-state index in [1.807, 2.05) is 0 Å². The number of fused-ring (bicyclic) bond motifs is 1. The molecule has 0 amide bonds. The van der Waals surface area contributed by atoms with Gasteiger partial charge in [-0.15, -0.1) is 0 Å². The predicted molar refractivity (Wildman–Crippen MR) is 54.5 cm³/mol. The van der Waals surface area contributed by atoms with Crippen molar-refractivity contribution in [3.63, 3.8) is 0 Å². The summed E-state index contributed by atoms with van der Waals surface area (Å²) in [7, 11) is 0. The first kappa shape index (κ1) is 11.9. The summed E-state index contributed by atoms with van der Waals surface area (Å²) in [6, 6.07) is 4.24. The average Bonchev–Trinajstić information content (AvgIpc) is 2.26. The molecule has 0 aromatic heterocycles. The molecule has 1 heterocycles. The highest BCUT2D eigenvalue weighted by Gasteiger charge is 2.42. The summed E-state index contributed by atoms with van der Waals surface area (Å²) >= 11 is 5.79. The Balaban J connectivity index is 2.58. The van der Waals surface area contributed by atoms with Crippen LogP contribution in [-0.4, -0.2) is 18.4 Å². The maximum Gasteiger partial charge on any atom is 0.468 e. The summed E-state index contributed by atoms with van der Waals surface area (Å²) in [4.78, 5) is 14.0. The molecule has 1 aliphatic rings. The third-order valence-corrected chi connectivity index (χ3v) is 2.47. The number of carbonyl (C=O) groups excluding carboxylic acids is 1. The van der Waals surface area contributed by atoms with Crippen LogP contribution in [0.15, 0.2) is 23.2 Å². The first-order valence-electron chi connectivity index (χ1n) is 4.49. The van der Waals surface area contributed by atoms with Crippen molar-refractivity contribution in [3.8, 4) is 0 Å². The van der Waals surface area contributed by atoms with Crippen LogP contribution in [0.3, 0.4) is 0 Å². The third kappa shape index (κ3) is 2.12. The van der Waals surface area contributed by atoms with Crippen LogP contribution in [0.5, 0.6) is 0 Å². The van der Waals surface area contributed by atoms with Gasteiger partial charge in [-0.2, -0.15) is 13.2 Å². The first-order chi connectivity index (χ1) is 7.93. The van der Waals surface area contributed by atoms with E-state index in [9.17, 15) is 18.0 Å². The number of aliphatic imine (C=N–C) groups is 1. The highest BCUT2D eigenvalue weighted by atomic mass is 35.5. The quantitative estimate of drug-likeness (QED) is 0.730. The van der Waals surface area contributed by atoms with Crippen molar-refractivity contribution < 1.29 is 22.7 Å². The van der Waals surface area contributed by atoms with E-state index in [-0.39, 0.29) is 22.6 Å². The Morgan fingerprint density at radius 2 is 2.12 bits per heavy atom. The molecule has 7 heteroatoms. The fraction of sp³-hybridized carbons (Fsp3) is 0.200. The molecule has 0 aliphatic carbocycles. The Labute approximate surface area is 98.9 Å². The predicted octanol–water partition coefficient (Wildman–Crippen LogP) is 3.20. The van der Waals surface area contributed by atoms with Gasteiger partial charge in [0.2, 0.25) is 0 Å². The topological polar surface area (TPSA) is 38.7 Å². The summed E-state index contributed by atoms with van der Waals surface area (Å²) in [6.45, 7) is 0. The Bertz CT molecular complexity index is 499. The van der Waals surface area contributed by atoms with Crippen molar-refractivity contribution in [1.29, 1.82) is 0 Å². The number of rotatable bonds is 1. The second-order valence-electron chi connectivity index (χ2n) is 3.26. The molecule has 17 heavy (non-hydrogen) atoms. The zero-order valence-electron chi connectivity index (χ0n) is 8.16. The van der Waals surface area contributed by atoms with E-state index in [1.165, 1.54) is 18.2 Å².